The molecule has 0 aromatic carbocycles. The van der Waals surface area contributed by atoms with Crippen LogP contribution in [0.15, 0.2) is 36.1 Å². The predicted molar refractivity (Wildman–Crippen MR) is 83.0 cm³/mol. The van der Waals surface area contributed by atoms with Gasteiger partial charge in [0.15, 0.2) is 5.76 Å². The van der Waals surface area contributed by atoms with E-state index in [2.05, 4.69) is 28.8 Å². The van der Waals surface area contributed by atoms with Crippen molar-refractivity contribution in [2.75, 3.05) is 0 Å². The van der Waals surface area contributed by atoms with Crippen molar-refractivity contribution in [1.82, 2.24) is 0 Å². The molecular formula is C15H18BrClO2. The third kappa shape index (κ3) is 5.86. The highest BCUT2D eigenvalue weighted by Gasteiger charge is 2.22. The fourth-order valence-electron chi connectivity index (χ4n) is 1.54. The molecule has 0 spiro atoms. The maximum Gasteiger partial charge on any atom is 0.156 e. The van der Waals surface area contributed by atoms with Crippen LogP contribution >= 0.6 is 27.5 Å². The van der Waals surface area contributed by atoms with Crippen molar-refractivity contribution >= 4 is 27.5 Å². The SMILES string of the molecule is C#CC=CCC1OOC(C(Br)CC)=CC=CCC1Cl. The summed E-state index contributed by atoms with van der Waals surface area (Å²) in [6.07, 6.45) is 16.6. The molecule has 0 aromatic heterocycles. The average Bonchev–Trinajstić information content (AvgIpc) is 2.50. The van der Waals surface area contributed by atoms with Crippen molar-refractivity contribution in [3.8, 4) is 12.3 Å². The Hall–Kier alpha value is -0.690. The largest absolute Gasteiger partial charge is 0.341 e. The number of hydrogen-bond donors (Lipinski definition) is 0. The number of terminal acetylenes is 1. The molecule has 0 fully saturated rings. The summed E-state index contributed by atoms with van der Waals surface area (Å²) >= 11 is 9.84. The zero-order valence-corrected chi connectivity index (χ0v) is 13.2. The molecule has 0 N–H and O–H groups in total. The third-order valence-electron chi connectivity index (χ3n) is 2.68. The monoisotopic (exact) mass is 344 g/mol. The van der Waals surface area contributed by atoms with Crippen LogP contribution in [0, 0.1) is 12.3 Å². The van der Waals surface area contributed by atoms with Crippen LogP contribution in [-0.4, -0.2) is 16.3 Å². The Kier molecular flexibility index (Phi) is 7.97. The quantitative estimate of drug-likeness (QED) is 0.424. The Morgan fingerprint density at radius 1 is 1.68 bits per heavy atom. The average molecular weight is 346 g/mol. The second kappa shape index (κ2) is 9.25. The van der Waals surface area contributed by atoms with Gasteiger partial charge in [-0.05, 0) is 31.4 Å². The van der Waals surface area contributed by atoms with E-state index in [0.29, 0.717) is 6.42 Å². The number of allylic oxidation sites excluding steroid dienone is 5. The summed E-state index contributed by atoms with van der Waals surface area (Å²) in [6.45, 7) is 2.07. The minimum atomic E-state index is -0.228. The fraction of sp³-hybridized carbons (Fsp3) is 0.467. The first-order valence-electron chi connectivity index (χ1n) is 6.28. The van der Waals surface area contributed by atoms with Crippen LogP contribution in [0.4, 0.5) is 0 Å². The lowest BCUT2D eigenvalue weighted by molar-refractivity contribution is -0.294. The molecule has 19 heavy (non-hydrogen) atoms. The normalized spacial score (nSPS) is 25.7. The molecule has 1 heterocycles. The first-order chi connectivity index (χ1) is 9.19. The van der Waals surface area contributed by atoms with Gasteiger partial charge in [0, 0.05) is 0 Å². The van der Waals surface area contributed by atoms with Gasteiger partial charge in [0.25, 0.3) is 0 Å². The summed E-state index contributed by atoms with van der Waals surface area (Å²) in [5.74, 6) is 3.19. The molecule has 0 amide bonds. The summed E-state index contributed by atoms with van der Waals surface area (Å²) < 4.78 is 0. The Morgan fingerprint density at radius 3 is 3.16 bits per heavy atom. The zero-order valence-electron chi connectivity index (χ0n) is 10.9. The van der Waals surface area contributed by atoms with Crippen LogP contribution in [0.1, 0.15) is 26.2 Å². The van der Waals surface area contributed by atoms with Crippen molar-refractivity contribution < 1.29 is 9.78 Å². The highest BCUT2D eigenvalue weighted by atomic mass is 79.9. The smallest absolute Gasteiger partial charge is 0.156 e. The van der Waals surface area contributed by atoms with Gasteiger partial charge in [0.1, 0.15) is 6.10 Å². The maximum atomic E-state index is 6.30. The molecule has 3 atom stereocenters. The molecule has 0 aromatic rings. The molecule has 0 aliphatic carbocycles. The van der Waals surface area contributed by atoms with Crippen LogP contribution in [0.3, 0.4) is 0 Å². The van der Waals surface area contributed by atoms with E-state index < -0.39 is 0 Å². The third-order valence-corrected chi connectivity index (χ3v) is 4.24. The Bertz CT molecular complexity index is 395. The molecule has 2 nitrogen and oxygen atoms in total. The van der Waals surface area contributed by atoms with Gasteiger partial charge >= 0.3 is 0 Å². The highest BCUT2D eigenvalue weighted by Crippen LogP contribution is 2.23. The molecule has 4 heteroatoms. The molecule has 0 bridgehead atoms. The van der Waals surface area contributed by atoms with Crippen LogP contribution in [0.5, 0.6) is 0 Å². The molecule has 1 rings (SSSR count). The Balaban J connectivity index is 2.70. The number of alkyl halides is 2. The molecule has 3 unspecified atom stereocenters. The molecular weight excluding hydrogens is 328 g/mol. The number of rotatable bonds is 4. The Morgan fingerprint density at radius 2 is 2.47 bits per heavy atom. The van der Waals surface area contributed by atoms with E-state index in [9.17, 15) is 0 Å². The minimum Gasteiger partial charge on any atom is -0.341 e. The topological polar surface area (TPSA) is 18.5 Å². The standard InChI is InChI=1S/C15H18BrClO2/c1-3-5-6-11-15-13(17)9-7-8-10-14(18-19-15)12(16)4-2/h1,5-8,10,12-13,15H,4,9,11H2,2H3. The van der Waals surface area contributed by atoms with Gasteiger partial charge in [-0.15, -0.1) is 18.0 Å². The first-order valence-corrected chi connectivity index (χ1v) is 7.63. The van der Waals surface area contributed by atoms with Gasteiger partial charge in [-0.3, -0.25) is 0 Å². The second-order valence-electron chi connectivity index (χ2n) is 4.15. The van der Waals surface area contributed by atoms with E-state index in [1.165, 1.54) is 0 Å². The van der Waals surface area contributed by atoms with Crippen LogP contribution in [-0.2, 0) is 9.78 Å². The molecule has 0 radical (unpaired) electrons. The van der Waals surface area contributed by atoms with Gasteiger partial charge < -0.3 is 4.89 Å². The van der Waals surface area contributed by atoms with Crippen molar-refractivity contribution in [3.63, 3.8) is 0 Å². The molecule has 1 aliphatic rings. The number of hydrogen-bond acceptors (Lipinski definition) is 2. The molecule has 104 valence electrons. The van der Waals surface area contributed by atoms with Gasteiger partial charge in [-0.2, -0.15) is 4.89 Å². The van der Waals surface area contributed by atoms with Gasteiger partial charge in [0.2, 0.25) is 0 Å². The van der Waals surface area contributed by atoms with Gasteiger partial charge in [0.05, 0.1) is 10.2 Å². The molecule has 1 aliphatic heterocycles. The van der Waals surface area contributed by atoms with E-state index in [4.69, 9.17) is 27.8 Å². The number of halogens is 2. The van der Waals surface area contributed by atoms with Crippen molar-refractivity contribution in [1.29, 1.82) is 0 Å². The van der Waals surface area contributed by atoms with Crippen molar-refractivity contribution in [2.24, 2.45) is 0 Å². The van der Waals surface area contributed by atoms with Crippen LogP contribution < -0.4 is 0 Å². The van der Waals surface area contributed by atoms with E-state index in [-0.39, 0.29) is 16.3 Å². The zero-order chi connectivity index (χ0) is 14.1. The van der Waals surface area contributed by atoms with Crippen LogP contribution in [0.2, 0.25) is 0 Å². The maximum absolute atomic E-state index is 6.30. The lowest BCUT2D eigenvalue weighted by Crippen LogP contribution is -2.24. The van der Waals surface area contributed by atoms with Crippen molar-refractivity contribution in [3.05, 3.63) is 36.1 Å². The highest BCUT2D eigenvalue weighted by molar-refractivity contribution is 9.09. The summed E-state index contributed by atoms with van der Waals surface area (Å²) in [6, 6.07) is 0. The molecule has 0 saturated heterocycles. The van der Waals surface area contributed by atoms with E-state index in [1.807, 2.05) is 24.3 Å². The van der Waals surface area contributed by atoms with Gasteiger partial charge in [-0.25, -0.2) is 0 Å². The Labute approximate surface area is 128 Å². The second-order valence-corrected chi connectivity index (χ2v) is 5.81. The summed E-state index contributed by atoms with van der Waals surface area (Å²) in [5.41, 5.74) is 0. The summed E-state index contributed by atoms with van der Waals surface area (Å²) in [5, 5.41) is -0.151. The molecule has 0 saturated carbocycles. The van der Waals surface area contributed by atoms with E-state index in [1.54, 1.807) is 6.08 Å². The lowest BCUT2D eigenvalue weighted by atomic mass is 10.1. The fourth-order valence-corrected chi connectivity index (χ4v) is 2.02. The minimum absolute atomic E-state index is 0.130. The van der Waals surface area contributed by atoms with E-state index >= 15 is 0 Å². The van der Waals surface area contributed by atoms with Crippen molar-refractivity contribution in [2.45, 2.75) is 42.5 Å². The summed E-state index contributed by atoms with van der Waals surface area (Å²) in [7, 11) is 0. The lowest BCUT2D eigenvalue weighted by Gasteiger charge is -2.20. The van der Waals surface area contributed by atoms with Gasteiger partial charge in [-0.1, -0.05) is 47.0 Å². The first kappa shape index (κ1) is 16.4. The van der Waals surface area contributed by atoms with E-state index in [0.717, 1.165) is 18.6 Å². The predicted octanol–water partition coefficient (Wildman–Crippen LogP) is 4.51. The van der Waals surface area contributed by atoms with Crippen LogP contribution in [0.25, 0.3) is 0 Å². The summed E-state index contributed by atoms with van der Waals surface area (Å²) in [4.78, 5) is 11.0.